The van der Waals surface area contributed by atoms with E-state index in [2.05, 4.69) is 14.5 Å². The van der Waals surface area contributed by atoms with Gasteiger partial charge in [0.2, 0.25) is 0 Å². The molecule has 0 radical (unpaired) electrons. The van der Waals surface area contributed by atoms with Crippen LogP contribution < -0.4 is 0 Å². The first kappa shape index (κ1) is 12.6. The number of aromatic nitrogens is 2. The monoisotopic (exact) mass is 237 g/mol. The Morgan fingerprint density at radius 2 is 2.35 bits per heavy atom. The number of aliphatic hydroxyl groups is 1. The molecule has 4 heteroatoms. The van der Waals surface area contributed by atoms with E-state index in [0.717, 1.165) is 25.2 Å². The summed E-state index contributed by atoms with van der Waals surface area (Å²) in [5.41, 5.74) is 0. The predicted octanol–water partition coefficient (Wildman–Crippen LogP) is 1.20. The van der Waals surface area contributed by atoms with Gasteiger partial charge in [0, 0.05) is 45.1 Å². The second kappa shape index (κ2) is 6.17. The van der Waals surface area contributed by atoms with Gasteiger partial charge in [-0.3, -0.25) is 4.90 Å². The zero-order valence-corrected chi connectivity index (χ0v) is 10.7. The Balaban J connectivity index is 1.86. The Morgan fingerprint density at radius 1 is 1.47 bits per heavy atom. The molecule has 1 N–H and O–H groups in total. The molecule has 0 spiro atoms. The molecular formula is C13H23N3O. The summed E-state index contributed by atoms with van der Waals surface area (Å²) >= 11 is 0. The van der Waals surface area contributed by atoms with Crippen LogP contribution >= 0.6 is 0 Å². The van der Waals surface area contributed by atoms with Crippen LogP contribution in [0.2, 0.25) is 0 Å². The predicted molar refractivity (Wildman–Crippen MR) is 67.8 cm³/mol. The van der Waals surface area contributed by atoms with Crippen molar-refractivity contribution in [2.75, 3.05) is 19.7 Å². The van der Waals surface area contributed by atoms with Gasteiger partial charge < -0.3 is 9.67 Å². The van der Waals surface area contributed by atoms with Gasteiger partial charge in [0.1, 0.15) is 5.82 Å². The van der Waals surface area contributed by atoms with Gasteiger partial charge in [0.05, 0.1) is 0 Å². The van der Waals surface area contributed by atoms with Crippen LogP contribution in [0.25, 0.3) is 0 Å². The molecule has 0 saturated carbocycles. The van der Waals surface area contributed by atoms with Crippen LogP contribution in [0, 0.1) is 0 Å². The molecule has 1 aromatic rings. The van der Waals surface area contributed by atoms with E-state index in [1.807, 2.05) is 19.4 Å². The minimum atomic E-state index is 0.309. The molecule has 2 rings (SSSR count). The minimum absolute atomic E-state index is 0.309. The van der Waals surface area contributed by atoms with Crippen LogP contribution in [0.1, 0.15) is 31.5 Å². The lowest BCUT2D eigenvalue weighted by Gasteiger charge is -2.35. The third-order valence-corrected chi connectivity index (χ3v) is 3.75. The summed E-state index contributed by atoms with van der Waals surface area (Å²) < 4.78 is 2.09. The highest BCUT2D eigenvalue weighted by molar-refractivity contribution is 4.92. The van der Waals surface area contributed by atoms with E-state index in [1.54, 1.807) is 0 Å². The van der Waals surface area contributed by atoms with Crippen molar-refractivity contribution in [2.45, 2.75) is 38.1 Å². The standard InChI is InChI=1S/C13H23N3O/c1-15-10-7-14-13(15)5-9-16-8-3-2-4-12(16)6-11-17/h7,10,12,17H,2-6,8-9,11H2,1H3. The number of rotatable bonds is 5. The summed E-state index contributed by atoms with van der Waals surface area (Å²) in [5, 5.41) is 9.09. The van der Waals surface area contributed by atoms with Gasteiger partial charge >= 0.3 is 0 Å². The van der Waals surface area contributed by atoms with Crippen molar-refractivity contribution in [3.8, 4) is 0 Å². The highest BCUT2D eigenvalue weighted by atomic mass is 16.3. The molecule has 0 amide bonds. The summed E-state index contributed by atoms with van der Waals surface area (Å²) in [6.45, 7) is 2.55. The topological polar surface area (TPSA) is 41.3 Å². The van der Waals surface area contributed by atoms with E-state index >= 15 is 0 Å². The van der Waals surface area contributed by atoms with E-state index in [4.69, 9.17) is 5.11 Å². The van der Waals surface area contributed by atoms with Crippen molar-refractivity contribution in [3.63, 3.8) is 0 Å². The van der Waals surface area contributed by atoms with Crippen molar-refractivity contribution in [2.24, 2.45) is 7.05 Å². The Bertz CT molecular complexity index is 335. The van der Waals surface area contributed by atoms with Crippen molar-refractivity contribution < 1.29 is 5.11 Å². The summed E-state index contributed by atoms with van der Waals surface area (Å²) in [4.78, 5) is 6.88. The lowest BCUT2D eigenvalue weighted by atomic mass is 9.99. The molecule has 2 heterocycles. The maximum absolute atomic E-state index is 9.09. The van der Waals surface area contributed by atoms with Gasteiger partial charge in [0.25, 0.3) is 0 Å². The van der Waals surface area contributed by atoms with E-state index in [9.17, 15) is 0 Å². The van der Waals surface area contributed by atoms with Crippen LogP contribution in [0.5, 0.6) is 0 Å². The normalized spacial score (nSPS) is 21.9. The van der Waals surface area contributed by atoms with E-state index < -0.39 is 0 Å². The lowest BCUT2D eigenvalue weighted by molar-refractivity contribution is 0.120. The third-order valence-electron chi connectivity index (χ3n) is 3.75. The van der Waals surface area contributed by atoms with Crippen LogP contribution in [0.3, 0.4) is 0 Å². The van der Waals surface area contributed by atoms with Crippen molar-refractivity contribution in [1.29, 1.82) is 0 Å². The largest absolute Gasteiger partial charge is 0.396 e. The Kier molecular flexibility index (Phi) is 4.57. The highest BCUT2D eigenvalue weighted by Crippen LogP contribution is 2.19. The van der Waals surface area contributed by atoms with E-state index in [-0.39, 0.29) is 0 Å². The molecule has 1 unspecified atom stereocenters. The maximum Gasteiger partial charge on any atom is 0.109 e. The molecule has 1 aliphatic rings. The Morgan fingerprint density at radius 3 is 3.06 bits per heavy atom. The van der Waals surface area contributed by atoms with Gasteiger partial charge in [-0.05, 0) is 25.8 Å². The van der Waals surface area contributed by atoms with Gasteiger partial charge in [0.15, 0.2) is 0 Å². The SMILES string of the molecule is Cn1ccnc1CCN1CCCCC1CCO. The molecule has 4 nitrogen and oxygen atoms in total. The van der Waals surface area contributed by atoms with Crippen molar-refractivity contribution in [3.05, 3.63) is 18.2 Å². The highest BCUT2D eigenvalue weighted by Gasteiger charge is 2.21. The molecule has 1 aliphatic heterocycles. The third kappa shape index (κ3) is 3.30. The second-order valence-corrected chi connectivity index (χ2v) is 4.90. The fourth-order valence-corrected chi connectivity index (χ4v) is 2.71. The Hall–Kier alpha value is -0.870. The number of nitrogens with zero attached hydrogens (tertiary/aromatic N) is 3. The average molecular weight is 237 g/mol. The molecule has 17 heavy (non-hydrogen) atoms. The number of piperidine rings is 1. The molecule has 1 saturated heterocycles. The summed E-state index contributed by atoms with van der Waals surface area (Å²) in [7, 11) is 2.05. The zero-order valence-electron chi connectivity index (χ0n) is 10.7. The van der Waals surface area contributed by atoms with Gasteiger partial charge in [-0.2, -0.15) is 0 Å². The summed E-state index contributed by atoms with van der Waals surface area (Å²) in [5.74, 6) is 1.15. The van der Waals surface area contributed by atoms with Crippen LogP contribution in [-0.2, 0) is 13.5 Å². The average Bonchev–Trinajstić information content (AvgIpc) is 2.74. The quantitative estimate of drug-likeness (QED) is 0.836. The molecule has 1 atom stereocenters. The van der Waals surface area contributed by atoms with Crippen molar-refractivity contribution >= 4 is 0 Å². The molecule has 1 aromatic heterocycles. The van der Waals surface area contributed by atoms with Crippen LogP contribution in [0.15, 0.2) is 12.4 Å². The Labute approximate surface area is 103 Å². The van der Waals surface area contributed by atoms with Crippen LogP contribution in [0.4, 0.5) is 0 Å². The fourth-order valence-electron chi connectivity index (χ4n) is 2.71. The van der Waals surface area contributed by atoms with E-state index in [0.29, 0.717) is 12.6 Å². The number of aliphatic hydroxyl groups excluding tert-OH is 1. The van der Waals surface area contributed by atoms with Crippen molar-refractivity contribution in [1.82, 2.24) is 14.5 Å². The number of hydrogen-bond donors (Lipinski definition) is 1. The zero-order chi connectivity index (χ0) is 12.1. The van der Waals surface area contributed by atoms with Gasteiger partial charge in [-0.1, -0.05) is 6.42 Å². The van der Waals surface area contributed by atoms with Gasteiger partial charge in [-0.25, -0.2) is 4.98 Å². The smallest absolute Gasteiger partial charge is 0.109 e. The number of hydrogen-bond acceptors (Lipinski definition) is 3. The molecule has 0 bridgehead atoms. The maximum atomic E-state index is 9.09. The minimum Gasteiger partial charge on any atom is -0.396 e. The summed E-state index contributed by atoms with van der Waals surface area (Å²) in [6, 6.07) is 0.578. The number of imidazole rings is 1. The molecule has 0 aliphatic carbocycles. The number of aryl methyl sites for hydroxylation is 1. The first-order valence-electron chi connectivity index (χ1n) is 6.62. The second-order valence-electron chi connectivity index (χ2n) is 4.90. The van der Waals surface area contributed by atoms with E-state index in [1.165, 1.54) is 25.8 Å². The fraction of sp³-hybridized carbons (Fsp3) is 0.769. The molecular weight excluding hydrogens is 214 g/mol. The first-order valence-corrected chi connectivity index (χ1v) is 6.62. The lowest BCUT2D eigenvalue weighted by Crippen LogP contribution is -2.41. The number of likely N-dealkylation sites (tertiary alicyclic amines) is 1. The van der Waals surface area contributed by atoms with Gasteiger partial charge in [-0.15, -0.1) is 0 Å². The molecule has 1 fully saturated rings. The molecule has 0 aromatic carbocycles. The molecule has 96 valence electrons. The first-order chi connectivity index (χ1) is 8.31. The summed E-state index contributed by atoms with van der Waals surface area (Å²) in [6.07, 6.45) is 9.62. The van der Waals surface area contributed by atoms with Crippen LogP contribution in [-0.4, -0.2) is 45.3 Å².